The Morgan fingerprint density at radius 2 is 1.53 bits per heavy atom. The van der Waals surface area contributed by atoms with Gasteiger partial charge in [0.05, 0.1) is 0 Å². The lowest BCUT2D eigenvalue weighted by molar-refractivity contribution is -0.134. The van der Waals surface area contributed by atoms with Crippen molar-refractivity contribution in [2.45, 2.75) is 25.8 Å². The standard InChI is InChI=1S/C7H10F4N2O2/c1-3(13-7(15)5(10)11)2-12-6(14)4(8)9/h3-5H,2H2,1H3,(H,12,14)(H,13,15). The number of hydrogen-bond donors (Lipinski definition) is 2. The van der Waals surface area contributed by atoms with Crippen molar-refractivity contribution >= 4 is 11.8 Å². The number of halogens is 4. The van der Waals surface area contributed by atoms with E-state index in [1.54, 1.807) is 5.32 Å². The van der Waals surface area contributed by atoms with Crippen molar-refractivity contribution in [2.75, 3.05) is 6.54 Å². The molecule has 0 aromatic heterocycles. The van der Waals surface area contributed by atoms with Crippen LogP contribution in [0.1, 0.15) is 6.92 Å². The third-order valence-corrected chi connectivity index (χ3v) is 1.37. The van der Waals surface area contributed by atoms with Crippen LogP contribution in [-0.2, 0) is 9.59 Å². The highest BCUT2D eigenvalue weighted by molar-refractivity contribution is 5.80. The second-order valence-corrected chi connectivity index (χ2v) is 2.76. The van der Waals surface area contributed by atoms with Crippen molar-refractivity contribution in [2.24, 2.45) is 0 Å². The number of alkyl halides is 4. The van der Waals surface area contributed by atoms with Gasteiger partial charge in [-0.25, -0.2) is 0 Å². The summed E-state index contributed by atoms with van der Waals surface area (Å²) in [6.45, 7) is 0.966. The summed E-state index contributed by atoms with van der Waals surface area (Å²) in [6, 6.07) is -0.839. The van der Waals surface area contributed by atoms with Gasteiger partial charge in [-0.05, 0) is 6.92 Å². The van der Waals surface area contributed by atoms with E-state index in [4.69, 9.17) is 0 Å². The fourth-order valence-electron chi connectivity index (χ4n) is 0.688. The van der Waals surface area contributed by atoms with Crippen molar-refractivity contribution in [3.63, 3.8) is 0 Å². The molecule has 0 saturated heterocycles. The van der Waals surface area contributed by atoms with Crippen LogP contribution in [0.4, 0.5) is 17.6 Å². The Bertz CT molecular complexity index is 235. The van der Waals surface area contributed by atoms with Crippen molar-refractivity contribution in [3.05, 3.63) is 0 Å². The molecular formula is C7H10F4N2O2. The zero-order chi connectivity index (χ0) is 12.0. The summed E-state index contributed by atoms with van der Waals surface area (Å²) < 4.78 is 46.7. The normalized spacial score (nSPS) is 12.7. The summed E-state index contributed by atoms with van der Waals surface area (Å²) in [7, 11) is 0. The molecule has 2 N–H and O–H groups in total. The number of hydrogen-bond acceptors (Lipinski definition) is 2. The first-order valence-corrected chi connectivity index (χ1v) is 3.99. The molecular weight excluding hydrogens is 220 g/mol. The largest absolute Gasteiger partial charge is 0.349 e. The van der Waals surface area contributed by atoms with Crippen LogP contribution in [0.2, 0.25) is 0 Å². The number of rotatable bonds is 5. The van der Waals surface area contributed by atoms with Crippen molar-refractivity contribution in [3.8, 4) is 0 Å². The Morgan fingerprint density at radius 1 is 1.07 bits per heavy atom. The van der Waals surface area contributed by atoms with Gasteiger partial charge in [-0.1, -0.05) is 0 Å². The summed E-state index contributed by atoms with van der Waals surface area (Å²) in [4.78, 5) is 20.8. The fourth-order valence-corrected chi connectivity index (χ4v) is 0.688. The molecule has 0 aliphatic carbocycles. The maximum Gasteiger partial charge on any atom is 0.315 e. The molecule has 0 rings (SSSR count). The summed E-state index contributed by atoms with van der Waals surface area (Å²) in [5.74, 6) is -3.01. The zero-order valence-corrected chi connectivity index (χ0v) is 7.77. The molecule has 0 heterocycles. The lowest BCUT2D eigenvalue weighted by Gasteiger charge is -2.13. The molecule has 0 aliphatic rings. The van der Waals surface area contributed by atoms with E-state index in [9.17, 15) is 27.2 Å². The molecule has 0 radical (unpaired) electrons. The smallest absolute Gasteiger partial charge is 0.315 e. The highest BCUT2D eigenvalue weighted by Gasteiger charge is 2.19. The third-order valence-electron chi connectivity index (χ3n) is 1.37. The van der Waals surface area contributed by atoms with Crippen LogP contribution in [0.3, 0.4) is 0 Å². The van der Waals surface area contributed by atoms with Crippen LogP contribution < -0.4 is 10.6 Å². The summed E-state index contributed by atoms with van der Waals surface area (Å²) in [6.07, 6.45) is -6.33. The molecule has 0 aliphatic heterocycles. The van der Waals surface area contributed by atoms with Gasteiger partial charge in [0.15, 0.2) is 0 Å². The van der Waals surface area contributed by atoms with Crippen LogP contribution in [0, 0.1) is 0 Å². The Labute approximate surface area is 83.0 Å². The van der Waals surface area contributed by atoms with E-state index in [0.717, 1.165) is 0 Å². The van der Waals surface area contributed by atoms with Gasteiger partial charge in [0.1, 0.15) is 0 Å². The predicted octanol–water partition coefficient (Wildman–Crippen LogP) is 0.137. The zero-order valence-electron chi connectivity index (χ0n) is 7.77. The first kappa shape index (κ1) is 13.7. The molecule has 0 spiro atoms. The average molecular weight is 230 g/mol. The van der Waals surface area contributed by atoms with E-state index in [2.05, 4.69) is 0 Å². The Morgan fingerprint density at radius 3 is 1.93 bits per heavy atom. The summed E-state index contributed by atoms with van der Waals surface area (Å²) in [5, 5.41) is 3.60. The SMILES string of the molecule is CC(CNC(=O)C(F)F)NC(=O)C(F)F. The molecule has 0 fully saturated rings. The second-order valence-electron chi connectivity index (χ2n) is 2.76. The second kappa shape index (κ2) is 6.20. The van der Waals surface area contributed by atoms with E-state index in [1.165, 1.54) is 6.92 Å². The van der Waals surface area contributed by atoms with Gasteiger partial charge in [0, 0.05) is 12.6 Å². The molecule has 88 valence electrons. The number of carbonyl (C=O) groups is 2. The molecule has 1 unspecified atom stereocenters. The maximum atomic E-state index is 11.7. The molecule has 1 atom stereocenters. The predicted molar refractivity (Wildman–Crippen MR) is 42.6 cm³/mol. The first-order valence-electron chi connectivity index (χ1n) is 3.99. The number of amides is 2. The number of nitrogens with one attached hydrogen (secondary N) is 2. The lowest BCUT2D eigenvalue weighted by Crippen LogP contribution is -2.45. The molecule has 0 aromatic rings. The Kier molecular flexibility index (Phi) is 5.65. The van der Waals surface area contributed by atoms with Gasteiger partial charge < -0.3 is 10.6 Å². The van der Waals surface area contributed by atoms with E-state index in [0.29, 0.717) is 0 Å². The highest BCUT2D eigenvalue weighted by Crippen LogP contribution is 1.94. The molecule has 0 saturated carbocycles. The molecule has 2 amide bonds. The van der Waals surface area contributed by atoms with Crippen molar-refractivity contribution in [1.29, 1.82) is 0 Å². The van der Waals surface area contributed by atoms with E-state index in [1.807, 2.05) is 5.32 Å². The van der Waals surface area contributed by atoms with Crippen LogP contribution in [0.5, 0.6) is 0 Å². The highest BCUT2D eigenvalue weighted by atomic mass is 19.3. The molecule has 0 bridgehead atoms. The van der Waals surface area contributed by atoms with Gasteiger partial charge >= 0.3 is 12.9 Å². The van der Waals surface area contributed by atoms with E-state index < -0.39 is 30.7 Å². The van der Waals surface area contributed by atoms with Crippen LogP contribution in [0.25, 0.3) is 0 Å². The molecule has 0 aromatic carbocycles. The van der Waals surface area contributed by atoms with Gasteiger partial charge in [-0.3, -0.25) is 9.59 Å². The van der Waals surface area contributed by atoms with Crippen molar-refractivity contribution in [1.82, 2.24) is 10.6 Å². The van der Waals surface area contributed by atoms with Gasteiger partial charge in [-0.2, -0.15) is 17.6 Å². The molecule has 8 heteroatoms. The van der Waals surface area contributed by atoms with Gasteiger partial charge in [0.25, 0.3) is 11.8 Å². The molecule has 15 heavy (non-hydrogen) atoms. The third kappa shape index (κ3) is 5.87. The molecule has 4 nitrogen and oxygen atoms in total. The van der Waals surface area contributed by atoms with Crippen LogP contribution in [0.15, 0.2) is 0 Å². The van der Waals surface area contributed by atoms with Gasteiger partial charge in [-0.15, -0.1) is 0 Å². The minimum atomic E-state index is -3.17. The van der Waals surface area contributed by atoms with Crippen LogP contribution in [-0.4, -0.2) is 37.3 Å². The summed E-state index contributed by atoms with van der Waals surface area (Å²) in [5.41, 5.74) is 0. The minimum absolute atomic E-state index is 0.332. The fraction of sp³-hybridized carbons (Fsp3) is 0.714. The quantitative estimate of drug-likeness (QED) is 0.660. The summed E-state index contributed by atoms with van der Waals surface area (Å²) >= 11 is 0. The Hall–Kier alpha value is -1.34. The van der Waals surface area contributed by atoms with E-state index >= 15 is 0 Å². The number of carbonyl (C=O) groups excluding carboxylic acids is 2. The topological polar surface area (TPSA) is 58.2 Å². The lowest BCUT2D eigenvalue weighted by atomic mass is 10.3. The maximum absolute atomic E-state index is 11.7. The van der Waals surface area contributed by atoms with Crippen molar-refractivity contribution < 1.29 is 27.2 Å². The van der Waals surface area contributed by atoms with E-state index in [-0.39, 0.29) is 6.54 Å². The monoisotopic (exact) mass is 230 g/mol. The van der Waals surface area contributed by atoms with Crippen LogP contribution >= 0.6 is 0 Å². The minimum Gasteiger partial charge on any atom is -0.349 e. The average Bonchev–Trinajstić information content (AvgIpc) is 2.13. The Balaban J connectivity index is 3.80. The first-order chi connectivity index (χ1) is 6.84. The van der Waals surface area contributed by atoms with Gasteiger partial charge in [0.2, 0.25) is 0 Å².